The van der Waals surface area contributed by atoms with Crippen LogP contribution in [-0.2, 0) is 6.42 Å². The third-order valence-corrected chi connectivity index (χ3v) is 6.65. The summed E-state index contributed by atoms with van der Waals surface area (Å²) in [6, 6.07) is 7.81. The molecule has 0 atom stereocenters. The van der Waals surface area contributed by atoms with Gasteiger partial charge in [-0.15, -0.1) is 0 Å². The Labute approximate surface area is 200 Å². The zero-order valence-electron chi connectivity index (χ0n) is 19.3. The summed E-state index contributed by atoms with van der Waals surface area (Å²) in [5.74, 6) is -5.77. The molecule has 3 aromatic carbocycles. The van der Waals surface area contributed by atoms with Gasteiger partial charge in [0.15, 0.2) is 29.0 Å². The fourth-order valence-electron chi connectivity index (χ4n) is 4.80. The summed E-state index contributed by atoms with van der Waals surface area (Å²) in [6.07, 6.45) is 3.99. The van der Waals surface area contributed by atoms with Gasteiger partial charge in [0, 0.05) is 0 Å². The fourth-order valence-corrected chi connectivity index (χ4v) is 4.80. The van der Waals surface area contributed by atoms with Gasteiger partial charge in [-0.3, -0.25) is 0 Å². The van der Waals surface area contributed by atoms with E-state index in [0.29, 0.717) is 43.2 Å². The Bertz CT molecular complexity index is 1150. The van der Waals surface area contributed by atoms with E-state index >= 15 is 0 Å². The average molecular weight is 493 g/mol. The second kappa shape index (κ2) is 10.8. The summed E-state index contributed by atoms with van der Waals surface area (Å²) in [6.45, 7) is 2.09. The average Bonchev–Trinajstić information content (AvgIpc) is 2.81. The van der Waals surface area contributed by atoms with Crippen molar-refractivity contribution in [3.05, 3.63) is 88.5 Å². The molecule has 1 nitrogen and oxygen atoms in total. The molecular formula is C28H26F6O. The molecule has 0 unspecified atom stereocenters. The van der Waals surface area contributed by atoms with Crippen LogP contribution in [0, 0.1) is 40.8 Å². The molecule has 0 aliphatic heterocycles. The molecule has 186 valence electrons. The Morgan fingerprint density at radius 2 is 1.34 bits per heavy atom. The van der Waals surface area contributed by atoms with Gasteiger partial charge >= 0.3 is 0 Å². The van der Waals surface area contributed by atoms with Crippen LogP contribution in [0.3, 0.4) is 0 Å². The minimum Gasteiger partial charge on any atom is -0.487 e. The van der Waals surface area contributed by atoms with Crippen LogP contribution in [-0.4, -0.2) is 6.61 Å². The maximum absolute atomic E-state index is 14.8. The minimum absolute atomic E-state index is 0.0662. The highest BCUT2D eigenvalue weighted by atomic mass is 19.2. The molecule has 35 heavy (non-hydrogen) atoms. The van der Waals surface area contributed by atoms with Crippen LogP contribution in [0.5, 0.6) is 5.75 Å². The van der Waals surface area contributed by atoms with Crippen molar-refractivity contribution in [2.24, 2.45) is 5.92 Å². The Balaban J connectivity index is 1.39. The summed E-state index contributed by atoms with van der Waals surface area (Å²) < 4.78 is 90.3. The number of aryl methyl sites for hydroxylation is 1. The fraction of sp³-hybridized carbons (Fsp3) is 0.357. The number of rotatable bonds is 7. The number of hydrogen-bond acceptors (Lipinski definition) is 1. The highest BCUT2D eigenvalue weighted by Gasteiger charge is 2.26. The van der Waals surface area contributed by atoms with E-state index in [1.807, 2.05) is 6.92 Å². The largest absolute Gasteiger partial charge is 0.487 e. The van der Waals surface area contributed by atoms with Crippen molar-refractivity contribution < 1.29 is 31.1 Å². The first-order valence-electron chi connectivity index (χ1n) is 11.8. The van der Waals surface area contributed by atoms with Gasteiger partial charge in [0.05, 0.1) is 12.2 Å². The predicted molar refractivity (Wildman–Crippen MR) is 122 cm³/mol. The molecule has 4 rings (SSSR count). The van der Waals surface area contributed by atoms with Crippen LogP contribution < -0.4 is 4.74 Å². The monoisotopic (exact) mass is 492 g/mol. The topological polar surface area (TPSA) is 9.23 Å². The summed E-state index contributed by atoms with van der Waals surface area (Å²) >= 11 is 0. The van der Waals surface area contributed by atoms with Gasteiger partial charge in [-0.25, -0.2) is 26.3 Å². The Kier molecular flexibility index (Phi) is 7.72. The van der Waals surface area contributed by atoms with Crippen molar-refractivity contribution in [1.29, 1.82) is 0 Å². The van der Waals surface area contributed by atoms with Crippen molar-refractivity contribution in [3.8, 4) is 16.9 Å². The number of ether oxygens (including phenoxy) is 1. The molecule has 1 saturated carbocycles. The molecule has 1 aliphatic carbocycles. The molecule has 1 fully saturated rings. The van der Waals surface area contributed by atoms with Crippen LogP contribution in [0.4, 0.5) is 26.3 Å². The maximum Gasteiger partial charge on any atom is 0.190 e. The van der Waals surface area contributed by atoms with E-state index in [1.165, 1.54) is 24.3 Å². The molecule has 3 aromatic rings. The minimum atomic E-state index is -1.18. The lowest BCUT2D eigenvalue weighted by atomic mass is 9.78. The van der Waals surface area contributed by atoms with Crippen LogP contribution in [0.25, 0.3) is 11.1 Å². The van der Waals surface area contributed by atoms with Crippen molar-refractivity contribution in [1.82, 2.24) is 0 Å². The first-order valence-corrected chi connectivity index (χ1v) is 11.8. The third-order valence-electron chi connectivity index (χ3n) is 6.65. The van der Waals surface area contributed by atoms with Crippen molar-refractivity contribution in [2.75, 3.05) is 6.61 Å². The van der Waals surface area contributed by atoms with Gasteiger partial charge < -0.3 is 4.74 Å². The standard InChI is InChI=1S/C28H26F6O/c1-2-3-17-10-25(33)28(26(34)11-17)35-15-16-4-6-18(7-5-16)20-13-23(31)27(24(32)14-20)19-8-9-21(29)22(30)12-19/h8-14,16,18H,2-7,15H2,1H3. The number of benzene rings is 3. The molecule has 7 heteroatoms. The quantitative estimate of drug-likeness (QED) is 0.301. The zero-order valence-corrected chi connectivity index (χ0v) is 19.3. The molecule has 0 bridgehead atoms. The predicted octanol–water partition coefficient (Wildman–Crippen LogP) is 8.49. The van der Waals surface area contributed by atoms with E-state index in [-0.39, 0.29) is 29.8 Å². The van der Waals surface area contributed by atoms with Crippen LogP contribution in [0.15, 0.2) is 42.5 Å². The van der Waals surface area contributed by atoms with Crippen molar-refractivity contribution in [3.63, 3.8) is 0 Å². The third kappa shape index (κ3) is 5.65. The Hall–Kier alpha value is -2.96. The maximum atomic E-state index is 14.8. The first kappa shape index (κ1) is 25.1. The second-order valence-electron chi connectivity index (χ2n) is 9.16. The molecule has 0 radical (unpaired) electrons. The van der Waals surface area contributed by atoms with E-state index in [1.54, 1.807) is 0 Å². The van der Waals surface area contributed by atoms with Crippen molar-refractivity contribution in [2.45, 2.75) is 51.4 Å². The summed E-state index contributed by atoms with van der Waals surface area (Å²) in [5, 5.41) is 0. The van der Waals surface area contributed by atoms with Crippen LogP contribution in [0.1, 0.15) is 56.1 Å². The smallest absolute Gasteiger partial charge is 0.190 e. The van der Waals surface area contributed by atoms with Gasteiger partial charge in [-0.1, -0.05) is 19.4 Å². The number of hydrogen-bond donors (Lipinski definition) is 0. The Morgan fingerprint density at radius 1 is 0.714 bits per heavy atom. The molecule has 0 amide bonds. The van der Waals surface area contributed by atoms with Crippen molar-refractivity contribution >= 4 is 0 Å². The number of halogens is 6. The molecular weight excluding hydrogens is 466 g/mol. The molecule has 0 heterocycles. The van der Waals surface area contributed by atoms with E-state index in [4.69, 9.17) is 4.74 Å². The molecule has 0 spiro atoms. The summed E-state index contributed by atoms with van der Waals surface area (Å²) in [5.41, 5.74) is 0.608. The molecule has 0 saturated heterocycles. The summed E-state index contributed by atoms with van der Waals surface area (Å²) in [7, 11) is 0. The second-order valence-corrected chi connectivity index (χ2v) is 9.16. The van der Waals surface area contributed by atoms with E-state index in [9.17, 15) is 26.3 Å². The highest BCUT2D eigenvalue weighted by Crippen LogP contribution is 2.39. The Morgan fingerprint density at radius 3 is 1.91 bits per heavy atom. The van der Waals surface area contributed by atoms with Crippen LogP contribution >= 0.6 is 0 Å². The molecule has 0 N–H and O–H groups in total. The lowest BCUT2D eigenvalue weighted by Crippen LogP contribution is -2.20. The van der Waals surface area contributed by atoms with Gasteiger partial charge in [-0.2, -0.15) is 0 Å². The van der Waals surface area contributed by atoms with Gasteiger partial charge in [0.1, 0.15) is 11.6 Å². The molecule has 0 aromatic heterocycles. The van der Waals surface area contributed by atoms with Gasteiger partial charge in [0.2, 0.25) is 0 Å². The first-order chi connectivity index (χ1) is 16.8. The highest BCUT2D eigenvalue weighted by molar-refractivity contribution is 5.65. The summed E-state index contributed by atoms with van der Waals surface area (Å²) in [4.78, 5) is 0. The zero-order chi connectivity index (χ0) is 25.1. The SMILES string of the molecule is CCCc1cc(F)c(OCC2CCC(c3cc(F)c(-c4ccc(F)c(F)c4)c(F)c3)CC2)c(F)c1. The van der Waals surface area contributed by atoms with Gasteiger partial charge in [0.25, 0.3) is 0 Å². The van der Waals surface area contributed by atoms with E-state index in [0.717, 1.165) is 24.6 Å². The van der Waals surface area contributed by atoms with E-state index in [2.05, 4.69) is 0 Å². The van der Waals surface area contributed by atoms with E-state index < -0.39 is 40.5 Å². The lowest BCUT2D eigenvalue weighted by Gasteiger charge is -2.29. The van der Waals surface area contributed by atoms with Gasteiger partial charge in [-0.05, 0) is 97.0 Å². The van der Waals surface area contributed by atoms with Crippen LogP contribution in [0.2, 0.25) is 0 Å². The molecule has 1 aliphatic rings. The lowest BCUT2D eigenvalue weighted by molar-refractivity contribution is 0.187. The normalized spacial score (nSPS) is 18.0.